The normalized spacial score (nSPS) is 17.6. The zero-order valence-corrected chi connectivity index (χ0v) is 14.5. The summed E-state index contributed by atoms with van der Waals surface area (Å²) in [6.07, 6.45) is 4.48. The number of amides is 1. The molecule has 1 unspecified atom stereocenters. The van der Waals surface area contributed by atoms with Gasteiger partial charge < -0.3 is 15.5 Å². The van der Waals surface area contributed by atoms with Crippen LogP contribution in [-0.2, 0) is 11.3 Å². The standard InChI is InChI=1S/C20H26N4O/c25-20-15-18(9-6-12-23-20)21-13-14-24(19-10-4-5-11-22-19)16-17-7-2-1-3-8-17/h1-5,7-8,10-11,18,21H,6,9,12-16H2,(H,23,25). The van der Waals surface area contributed by atoms with Gasteiger partial charge in [-0.3, -0.25) is 4.79 Å². The van der Waals surface area contributed by atoms with Gasteiger partial charge in [-0.05, 0) is 30.5 Å². The highest BCUT2D eigenvalue weighted by atomic mass is 16.1. The first-order chi connectivity index (χ1) is 12.3. The molecule has 1 saturated heterocycles. The maximum absolute atomic E-state index is 11.7. The van der Waals surface area contributed by atoms with Gasteiger partial charge in [0.1, 0.15) is 5.82 Å². The largest absolute Gasteiger partial charge is 0.356 e. The molecule has 0 radical (unpaired) electrons. The van der Waals surface area contributed by atoms with Crippen molar-refractivity contribution in [1.29, 1.82) is 0 Å². The number of hydrogen-bond acceptors (Lipinski definition) is 4. The number of hydrogen-bond donors (Lipinski definition) is 2. The lowest BCUT2D eigenvalue weighted by atomic mass is 10.1. The highest BCUT2D eigenvalue weighted by molar-refractivity contribution is 5.76. The SMILES string of the molecule is O=C1CC(NCCN(Cc2ccccc2)c2ccccn2)CCCN1. The van der Waals surface area contributed by atoms with E-state index in [1.165, 1.54) is 5.56 Å². The third-order valence-electron chi connectivity index (χ3n) is 4.49. The first kappa shape index (κ1) is 17.4. The van der Waals surface area contributed by atoms with Crippen LogP contribution in [0.2, 0.25) is 0 Å². The average Bonchev–Trinajstić information content (AvgIpc) is 2.86. The minimum Gasteiger partial charge on any atom is -0.356 e. The Morgan fingerprint density at radius 2 is 2.00 bits per heavy atom. The molecule has 1 aliphatic rings. The van der Waals surface area contributed by atoms with Crippen LogP contribution in [0.5, 0.6) is 0 Å². The summed E-state index contributed by atoms with van der Waals surface area (Å²) in [5.74, 6) is 1.13. The molecule has 25 heavy (non-hydrogen) atoms. The van der Waals surface area contributed by atoms with E-state index in [0.29, 0.717) is 6.42 Å². The Balaban J connectivity index is 1.59. The average molecular weight is 338 g/mol. The molecule has 1 fully saturated rings. The van der Waals surface area contributed by atoms with Crippen molar-refractivity contribution in [3.05, 3.63) is 60.3 Å². The van der Waals surface area contributed by atoms with E-state index in [1.807, 2.05) is 30.5 Å². The van der Waals surface area contributed by atoms with Gasteiger partial charge in [-0.1, -0.05) is 36.4 Å². The Hall–Kier alpha value is -2.40. The zero-order valence-electron chi connectivity index (χ0n) is 14.5. The minimum absolute atomic E-state index is 0.154. The molecule has 132 valence electrons. The van der Waals surface area contributed by atoms with Gasteiger partial charge in [0, 0.05) is 44.8 Å². The minimum atomic E-state index is 0.154. The van der Waals surface area contributed by atoms with Gasteiger partial charge in [-0.15, -0.1) is 0 Å². The molecule has 0 spiro atoms. The Morgan fingerprint density at radius 1 is 1.16 bits per heavy atom. The predicted octanol–water partition coefficient (Wildman–Crippen LogP) is 2.35. The second-order valence-electron chi connectivity index (χ2n) is 6.44. The van der Waals surface area contributed by atoms with Crippen molar-refractivity contribution < 1.29 is 4.79 Å². The highest BCUT2D eigenvalue weighted by Crippen LogP contribution is 2.14. The van der Waals surface area contributed by atoms with Crippen molar-refractivity contribution in [2.24, 2.45) is 0 Å². The maximum Gasteiger partial charge on any atom is 0.221 e. The molecule has 0 bridgehead atoms. The third kappa shape index (κ3) is 5.57. The molecule has 5 heteroatoms. The summed E-state index contributed by atoms with van der Waals surface area (Å²) in [5, 5.41) is 6.48. The van der Waals surface area contributed by atoms with Gasteiger partial charge in [0.25, 0.3) is 0 Å². The van der Waals surface area contributed by atoms with E-state index in [0.717, 1.165) is 44.8 Å². The number of rotatable bonds is 7. The maximum atomic E-state index is 11.7. The van der Waals surface area contributed by atoms with Gasteiger partial charge in [0.2, 0.25) is 5.91 Å². The number of pyridine rings is 1. The van der Waals surface area contributed by atoms with Crippen LogP contribution in [0.25, 0.3) is 0 Å². The summed E-state index contributed by atoms with van der Waals surface area (Å²) in [5.41, 5.74) is 1.27. The van der Waals surface area contributed by atoms with E-state index in [9.17, 15) is 4.79 Å². The fourth-order valence-corrected chi connectivity index (χ4v) is 3.17. The lowest BCUT2D eigenvalue weighted by Crippen LogP contribution is -2.38. The second kappa shape index (κ2) is 9.18. The summed E-state index contributed by atoms with van der Waals surface area (Å²) in [7, 11) is 0. The highest BCUT2D eigenvalue weighted by Gasteiger charge is 2.17. The van der Waals surface area contributed by atoms with Crippen molar-refractivity contribution in [2.45, 2.75) is 31.8 Å². The quantitative estimate of drug-likeness (QED) is 0.814. The fraction of sp³-hybridized carbons (Fsp3) is 0.400. The number of carbonyl (C=O) groups excluding carboxylic acids is 1. The van der Waals surface area contributed by atoms with Gasteiger partial charge in [0.15, 0.2) is 0 Å². The number of nitrogens with one attached hydrogen (secondary N) is 2. The van der Waals surface area contributed by atoms with Crippen LogP contribution >= 0.6 is 0 Å². The van der Waals surface area contributed by atoms with E-state index < -0.39 is 0 Å². The molecule has 1 atom stereocenters. The summed E-state index contributed by atoms with van der Waals surface area (Å²) in [6.45, 7) is 3.31. The molecule has 0 aliphatic carbocycles. The molecule has 2 heterocycles. The molecular formula is C20H26N4O. The Bertz CT molecular complexity index is 647. The van der Waals surface area contributed by atoms with Crippen LogP contribution in [0.15, 0.2) is 54.7 Å². The van der Waals surface area contributed by atoms with Crippen LogP contribution < -0.4 is 15.5 Å². The van der Waals surface area contributed by atoms with Gasteiger partial charge in [-0.2, -0.15) is 0 Å². The number of benzene rings is 1. The van der Waals surface area contributed by atoms with Crippen LogP contribution in [0.4, 0.5) is 5.82 Å². The van der Waals surface area contributed by atoms with Crippen molar-refractivity contribution in [1.82, 2.24) is 15.6 Å². The molecule has 1 aromatic heterocycles. The molecule has 5 nitrogen and oxygen atoms in total. The topological polar surface area (TPSA) is 57.3 Å². The van der Waals surface area contributed by atoms with Crippen LogP contribution in [0.1, 0.15) is 24.8 Å². The Morgan fingerprint density at radius 3 is 2.80 bits per heavy atom. The van der Waals surface area contributed by atoms with Gasteiger partial charge in [0.05, 0.1) is 0 Å². The molecule has 2 aromatic rings. The van der Waals surface area contributed by atoms with E-state index in [2.05, 4.69) is 44.8 Å². The number of anilines is 1. The zero-order chi connectivity index (χ0) is 17.3. The smallest absolute Gasteiger partial charge is 0.221 e. The van der Waals surface area contributed by atoms with E-state index in [4.69, 9.17) is 0 Å². The second-order valence-corrected chi connectivity index (χ2v) is 6.44. The van der Waals surface area contributed by atoms with Crippen LogP contribution in [0.3, 0.4) is 0 Å². The first-order valence-electron chi connectivity index (χ1n) is 9.01. The third-order valence-corrected chi connectivity index (χ3v) is 4.49. The first-order valence-corrected chi connectivity index (χ1v) is 9.01. The van der Waals surface area contributed by atoms with Crippen LogP contribution in [-0.4, -0.2) is 36.6 Å². The van der Waals surface area contributed by atoms with Crippen LogP contribution in [0, 0.1) is 0 Å². The summed E-state index contributed by atoms with van der Waals surface area (Å²) in [4.78, 5) is 18.5. The molecule has 0 saturated carbocycles. The molecule has 1 amide bonds. The molecular weight excluding hydrogens is 312 g/mol. The van der Waals surface area contributed by atoms with E-state index in [-0.39, 0.29) is 11.9 Å². The van der Waals surface area contributed by atoms with E-state index >= 15 is 0 Å². The summed E-state index contributed by atoms with van der Waals surface area (Å²) < 4.78 is 0. The van der Waals surface area contributed by atoms with Gasteiger partial charge >= 0.3 is 0 Å². The summed E-state index contributed by atoms with van der Waals surface area (Å²) >= 11 is 0. The number of nitrogens with zero attached hydrogens (tertiary/aromatic N) is 2. The van der Waals surface area contributed by atoms with Crippen molar-refractivity contribution in [3.63, 3.8) is 0 Å². The molecule has 3 rings (SSSR count). The number of carbonyl (C=O) groups is 1. The number of aromatic nitrogens is 1. The predicted molar refractivity (Wildman–Crippen MR) is 100 cm³/mol. The van der Waals surface area contributed by atoms with Gasteiger partial charge in [-0.25, -0.2) is 4.98 Å². The molecule has 1 aromatic carbocycles. The molecule has 2 N–H and O–H groups in total. The lowest BCUT2D eigenvalue weighted by molar-refractivity contribution is -0.121. The lowest BCUT2D eigenvalue weighted by Gasteiger charge is -2.25. The fourth-order valence-electron chi connectivity index (χ4n) is 3.17. The monoisotopic (exact) mass is 338 g/mol. The van der Waals surface area contributed by atoms with Crippen molar-refractivity contribution in [2.75, 3.05) is 24.5 Å². The molecule has 1 aliphatic heterocycles. The van der Waals surface area contributed by atoms with Crippen molar-refractivity contribution >= 4 is 11.7 Å². The van der Waals surface area contributed by atoms with Crippen molar-refractivity contribution in [3.8, 4) is 0 Å². The van der Waals surface area contributed by atoms with E-state index in [1.54, 1.807) is 0 Å². The summed E-state index contributed by atoms with van der Waals surface area (Å²) in [6, 6.07) is 16.7. The Labute approximate surface area is 149 Å². The Kier molecular flexibility index (Phi) is 6.40.